The van der Waals surface area contributed by atoms with E-state index in [2.05, 4.69) is 42.9 Å². The van der Waals surface area contributed by atoms with Crippen molar-refractivity contribution in [1.82, 2.24) is 31.2 Å². The molecule has 0 radical (unpaired) electrons. The van der Waals surface area contributed by atoms with Crippen LogP contribution in [0, 0.1) is 21.8 Å². The van der Waals surface area contributed by atoms with Gasteiger partial charge in [0.1, 0.15) is 18.1 Å². The summed E-state index contributed by atoms with van der Waals surface area (Å²) in [6.07, 6.45) is -5.02. The lowest BCUT2D eigenvalue weighted by Gasteiger charge is -2.28. The number of aliphatic imine (C=N–C) groups is 1. The maximum absolute atomic E-state index is 16.0. The van der Waals surface area contributed by atoms with E-state index in [9.17, 15) is 84.2 Å². The number of aliphatic hydroxyl groups excluding tert-OH is 1. The predicted octanol–water partition coefficient (Wildman–Crippen LogP) is 5.92. The van der Waals surface area contributed by atoms with Crippen LogP contribution in [0.2, 0.25) is 0 Å². The van der Waals surface area contributed by atoms with Crippen LogP contribution in [0.1, 0.15) is 75.2 Å². The van der Waals surface area contributed by atoms with Crippen LogP contribution in [-0.2, 0) is 44.9 Å². The molecule has 0 bridgehead atoms. The van der Waals surface area contributed by atoms with Crippen LogP contribution in [0.5, 0.6) is 0 Å². The zero-order chi connectivity index (χ0) is 61.9. The van der Waals surface area contributed by atoms with Crippen LogP contribution in [0.4, 0.5) is 46.5 Å². The fourth-order valence-electron chi connectivity index (χ4n) is 6.95. The summed E-state index contributed by atoms with van der Waals surface area (Å²) in [7, 11) is 0.928. The Morgan fingerprint density at radius 2 is 1.54 bits per heavy atom. The van der Waals surface area contributed by atoms with Crippen LogP contribution in [-0.4, -0.2) is 146 Å². The average molecular weight is 1190 g/mol. The Morgan fingerprint density at radius 3 is 2.10 bits per heavy atom. The molecular weight excluding hydrogens is 1130 g/mol. The molecule has 1 aliphatic heterocycles. The van der Waals surface area contributed by atoms with Gasteiger partial charge in [0.05, 0.1) is 30.2 Å². The first kappa shape index (κ1) is 67.8. The molecule has 0 saturated heterocycles. The van der Waals surface area contributed by atoms with Crippen LogP contribution < -0.4 is 26.6 Å². The van der Waals surface area contributed by atoms with E-state index in [1.165, 1.54) is 31.2 Å². The Kier molecular flexibility index (Phi) is 25.1. The minimum absolute atomic E-state index is 0.0390. The molecule has 7 amide bonds. The molecule has 82 heavy (non-hydrogen) atoms. The van der Waals surface area contributed by atoms with Crippen LogP contribution in [0.15, 0.2) is 93.8 Å². The third-order valence-electron chi connectivity index (χ3n) is 11.5. The normalized spacial score (nSPS) is 14.1. The van der Waals surface area contributed by atoms with Gasteiger partial charge in [-0.1, -0.05) is 44.2 Å². The Balaban J connectivity index is 1.82. The van der Waals surface area contributed by atoms with Crippen molar-refractivity contribution < 1.29 is 93.5 Å². The first-order chi connectivity index (χ1) is 38.3. The number of carboxylic acids is 1. The van der Waals surface area contributed by atoms with E-state index >= 15 is 4.39 Å². The van der Waals surface area contributed by atoms with E-state index in [-0.39, 0.29) is 53.4 Å². The summed E-state index contributed by atoms with van der Waals surface area (Å²) in [5.74, 6) is -24.0. The molecule has 2 aromatic rings. The fourth-order valence-corrected chi connectivity index (χ4v) is 7.80. The van der Waals surface area contributed by atoms with Gasteiger partial charge >= 0.3 is 29.7 Å². The van der Waals surface area contributed by atoms with Crippen molar-refractivity contribution in [3.05, 3.63) is 94.7 Å². The number of thioether (sulfide) groups is 1. The number of carboxylic acid groups (broad SMARTS) is 1. The Morgan fingerprint density at radius 1 is 0.902 bits per heavy atom. The van der Waals surface area contributed by atoms with Crippen molar-refractivity contribution in [2.45, 2.75) is 107 Å². The van der Waals surface area contributed by atoms with Gasteiger partial charge in [0, 0.05) is 59.8 Å². The lowest BCUT2D eigenvalue weighted by Crippen LogP contribution is -2.57. The lowest BCUT2D eigenvalue weighted by molar-refractivity contribution is -0.736. The van der Waals surface area contributed by atoms with Crippen molar-refractivity contribution in [1.29, 1.82) is 10.9 Å². The largest absolute Gasteiger partial charge is 0.481 e. The van der Waals surface area contributed by atoms with Crippen molar-refractivity contribution >= 4 is 81.5 Å². The molecule has 3 atom stereocenters. The number of nitrogens with one attached hydrogen (secondary N) is 7. The predicted molar refractivity (Wildman–Crippen MR) is 275 cm³/mol. The monoisotopic (exact) mass is 1190 g/mol. The third-order valence-corrected chi connectivity index (χ3v) is 12.5. The number of aliphatic hydroxyl groups is 1. The number of carbonyl (C=O) groups is 8. The summed E-state index contributed by atoms with van der Waals surface area (Å²) in [4.78, 5) is 123. The van der Waals surface area contributed by atoms with Crippen LogP contribution >= 0.6 is 11.8 Å². The Bertz CT molecular complexity index is 2850. The summed E-state index contributed by atoms with van der Waals surface area (Å²) in [6, 6.07) is 3.83. The number of anilines is 1. The second-order valence-electron chi connectivity index (χ2n) is 17.9. The number of rotatable bonds is 30. The number of halogens is 8. The van der Waals surface area contributed by atoms with Crippen LogP contribution in [0.3, 0.4) is 0 Å². The summed E-state index contributed by atoms with van der Waals surface area (Å²) in [5.41, 5.74) is 3.93. The highest BCUT2D eigenvalue weighted by atomic mass is 32.2. The summed E-state index contributed by atoms with van der Waals surface area (Å²) < 4.78 is 112. The van der Waals surface area contributed by atoms with Gasteiger partial charge in [-0.05, 0) is 73.7 Å². The Labute approximate surface area is 465 Å². The quantitative estimate of drug-likeness (QED) is 0.00505. The molecule has 446 valence electrons. The van der Waals surface area contributed by atoms with E-state index in [4.69, 9.17) is 10.9 Å². The molecule has 0 fully saturated rings. The summed E-state index contributed by atoms with van der Waals surface area (Å²) in [6.45, 7) is 5.26. The van der Waals surface area contributed by atoms with Gasteiger partial charge in [-0.3, -0.25) is 53.7 Å². The van der Waals surface area contributed by atoms with E-state index in [0.29, 0.717) is 29.6 Å². The van der Waals surface area contributed by atoms with E-state index in [1.807, 2.05) is 5.32 Å². The number of benzene rings is 2. The highest BCUT2D eigenvalue weighted by Crippen LogP contribution is 2.50. The van der Waals surface area contributed by atoms with Gasteiger partial charge in [-0.25, -0.2) is 14.2 Å². The maximum atomic E-state index is 16.0. The van der Waals surface area contributed by atoms with Crippen molar-refractivity contribution in [3.8, 4) is 0 Å². The number of unbranched alkanes of at least 4 members (excludes halogenated alkanes) is 2. The highest BCUT2D eigenvalue weighted by Gasteiger charge is 2.73. The minimum atomic E-state index is -6.85. The number of carbonyl (C=O) groups excluding carboxylic acids is 7. The number of hydrogen-bond donors (Lipinski definition) is 9. The van der Waals surface area contributed by atoms with Gasteiger partial charge < -0.3 is 36.8 Å². The molecule has 33 heteroatoms. The fraction of sp³-hybridized carbons (Fsp3) is 0.429. The number of imide groups is 1. The standard InChI is InChI=1S/C49H56F8N12O12S/c1-26(2)40(64-44(78)34(15-19-39(74)75)63-36(71)9-7-6-8-20-67-37(72)17-18-38(67)73)45(79)61-28(4)42(76)62-30-12-10-29(11-13-30)25-60-41(33(50)23-27(3)47(51,52)48(53,54)49(55,56)57)65-43(77)32-24-31(69(80)81-5)14-16-35(32)82-46(58)68(66-59)21-22-70/h10-14,16-18,23-24,26,28,34,40,58-59,70H,3,6-9,15,19-22,25H2,1-2,4-5H3,(H5-,60,61,62,63,64,65,71,74,75,76,77,78,79)/p+1/b33-23+,58-46?,66-59?/t28-,34-,40-/m0/s1. The molecule has 0 spiro atoms. The molecule has 3 rings (SSSR count). The average Bonchev–Trinajstić information content (AvgIpc) is 3.75. The maximum Gasteiger partial charge on any atom is 0.460 e. The van der Waals surface area contributed by atoms with Crippen LogP contribution in [0.25, 0.3) is 0 Å². The first-order valence-corrected chi connectivity index (χ1v) is 25.1. The van der Waals surface area contributed by atoms with Gasteiger partial charge in [0.2, 0.25) is 23.6 Å². The number of aliphatic carboxylic acids is 1. The van der Waals surface area contributed by atoms with E-state index in [1.54, 1.807) is 13.8 Å². The second kappa shape index (κ2) is 30.4. The zero-order valence-corrected chi connectivity index (χ0v) is 44.8. The Hall–Kier alpha value is -8.49. The van der Waals surface area contributed by atoms with E-state index in [0.717, 1.165) is 42.4 Å². The summed E-state index contributed by atoms with van der Waals surface area (Å²) in [5, 5.41) is 41.7. The topological polar surface area (TPSA) is 345 Å². The molecule has 0 saturated carbocycles. The molecule has 9 N–H and O–H groups in total. The molecule has 0 aliphatic carbocycles. The van der Waals surface area contributed by atoms with Gasteiger partial charge in [-0.2, -0.15) is 36.3 Å². The van der Waals surface area contributed by atoms with Crippen molar-refractivity contribution in [2.75, 3.05) is 32.1 Å². The highest BCUT2D eigenvalue weighted by molar-refractivity contribution is 8.13. The van der Waals surface area contributed by atoms with Crippen molar-refractivity contribution in [3.63, 3.8) is 0 Å². The van der Waals surface area contributed by atoms with Gasteiger partial charge in [0.25, 0.3) is 22.6 Å². The zero-order valence-electron chi connectivity index (χ0n) is 44.0. The number of nitrogens with zero attached hydrogens (tertiary/aromatic N) is 5. The number of allylic oxidation sites excluding steroid dienone is 2. The molecule has 1 heterocycles. The van der Waals surface area contributed by atoms with Crippen molar-refractivity contribution in [2.24, 2.45) is 16.1 Å². The molecule has 24 nitrogen and oxygen atoms in total. The second-order valence-corrected chi connectivity index (χ2v) is 19.0. The number of alkyl halides is 7. The minimum Gasteiger partial charge on any atom is -0.481 e. The molecule has 2 aromatic carbocycles. The molecule has 1 aliphatic rings. The third kappa shape index (κ3) is 19.1. The molecular formula is C49H57F8N12O12S+. The first-order valence-electron chi connectivity index (χ1n) is 24.3. The lowest BCUT2D eigenvalue weighted by atomic mass is 10.0. The molecule has 0 aromatic heterocycles. The number of hydrogen-bond acceptors (Lipinski definition) is 16. The van der Waals surface area contributed by atoms with E-state index < -0.39 is 149 Å². The number of amides is 7. The smallest absolute Gasteiger partial charge is 0.460 e. The van der Waals surface area contributed by atoms with Gasteiger partial charge in [0.15, 0.2) is 23.9 Å². The number of amidine groups is 2. The molecule has 0 unspecified atom stereocenters. The van der Waals surface area contributed by atoms with Gasteiger partial charge in [-0.15, -0.1) is 0 Å². The SMILES string of the molecule is C=C(/C=C(/F)C(=NCc1ccc(NC(=O)[C@H](C)NC(=O)[C@@H](NC(=O)[C@H](CCC(=O)O)NC(=O)CCCCCN2C(=O)C=CC2=O)C(C)C)cc1)NC(=O)c1cc([N+](=O)OC)ccc1SC(=N)N(CCO)N=N)C(F)(F)C(F)(F)C(F)(F)F. The summed E-state index contributed by atoms with van der Waals surface area (Å²) >= 11 is 0.393.